The Labute approximate surface area is 112 Å². The first kappa shape index (κ1) is 17.5. The fourth-order valence-corrected chi connectivity index (χ4v) is 6.36. The van der Waals surface area contributed by atoms with Gasteiger partial charge in [-0.05, 0) is 0 Å². The van der Waals surface area contributed by atoms with E-state index in [2.05, 4.69) is 27.6 Å². The summed E-state index contributed by atoms with van der Waals surface area (Å²) in [7, 11) is 3.91. The summed E-state index contributed by atoms with van der Waals surface area (Å²) in [4.78, 5) is 9.31. The number of phosphoric acid groups is 1. The zero-order chi connectivity index (χ0) is 12.6. The van der Waals surface area contributed by atoms with Crippen molar-refractivity contribution in [2.24, 2.45) is 5.92 Å². The number of unbranched alkanes of at least 4 members (excludes halogenated alkanes) is 1. The van der Waals surface area contributed by atoms with Gasteiger partial charge < -0.3 is 0 Å². The van der Waals surface area contributed by atoms with Crippen LogP contribution in [0.2, 0.25) is 0 Å². The molecule has 0 saturated heterocycles. The summed E-state index contributed by atoms with van der Waals surface area (Å²) in [5, 5.41) is 0. The van der Waals surface area contributed by atoms with Crippen LogP contribution in [0.1, 0.15) is 39.5 Å². The number of hydrogen-bond acceptors (Lipinski definition) is 5. The molecule has 2 atom stereocenters. The first-order chi connectivity index (χ1) is 7.41. The summed E-state index contributed by atoms with van der Waals surface area (Å²) >= 11 is -2.41. The van der Waals surface area contributed by atoms with Gasteiger partial charge in [-0.25, -0.2) is 0 Å². The van der Waals surface area contributed by atoms with Crippen molar-refractivity contribution in [1.82, 2.24) is 0 Å². The molecular weight excluding hydrogens is 351 g/mol. The van der Waals surface area contributed by atoms with Crippen molar-refractivity contribution < 1.29 is 32.3 Å². The Hall–Kier alpha value is 1.50. The van der Waals surface area contributed by atoms with E-state index in [0.29, 0.717) is 5.92 Å². The van der Waals surface area contributed by atoms with Gasteiger partial charge in [-0.2, -0.15) is 0 Å². The SMILES string of the molecule is CCCCC(CC)COP(=O)(O)[O][Mo]([SH])[SH]. The number of thiol groups is 2. The molecule has 16 heavy (non-hydrogen) atoms. The first-order valence-corrected chi connectivity index (χ1v) is 13.6. The van der Waals surface area contributed by atoms with Crippen LogP contribution in [-0.4, -0.2) is 11.5 Å². The molecule has 4 nitrogen and oxygen atoms in total. The van der Waals surface area contributed by atoms with E-state index in [4.69, 9.17) is 7.70 Å². The summed E-state index contributed by atoms with van der Waals surface area (Å²) in [6.45, 7) is 4.43. The molecular formula is C8H20MoO4PS2. The standard InChI is InChI=1S/C8H19O4P.Mo.2H2S/c1-3-5-6-8(4-2)7-12-13(9,10)11;;;/h8H,3-7H2,1-2H3,(H2,9,10,11);;2*1H2/q;+3;;/p-3. The van der Waals surface area contributed by atoms with Crippen molar-refractivity contribution in [3.63, 3.8) is 0 Å². The molecule has 0 aromatic heterocycles. The fourth-order valence-electron chi connectivity index (χ4n) is 1.20. The average molecular weight is 371 g/mol. The Balaban J connectivity index is 3.94. The summed E-state index contributed by atoms with van der Waals surface area (Å²) in [6.07, 6.45) is 4.17. The molecule has 0 amide bonds. The molecule has 0 bridgehead atoms. The Kier molecular flexibility index (Phi) is 10.3. The van der Waals surface area contributed by atoms with E-state index < -0.39 is 23.0 Å². The minimum absolute atomic E-state index is 0.262. The quantitative estimate of drug-likeness (QED) is 0.330. The third-order valence-electron chi connectivity index (χ3n) is 2.18. The van der Waals surface area contributed by atoms with E-state index in [1.807, 2.05) is 6.92 Å². The first-order valence-electron chi connectivity index (χ1n) is 5.21. The van der Waals surface area contributed by atoms with Gasteiger partial charge in [-0.15, -0.1) is 0 Å². The predicted molar refractivity (Wildman–Crippen MR) is 68.1 cm³/mol. The van der Waals surface area contributed by atoms with Crippen LogP contribution in [0.15, 0.2) is 0 Å². The van der Waals surface area contributed by atoms with Crippen LogP contribution < -0.4 is 0 Å². The molecule has 99 valence electrons. The van der Waals surface area contributed by atoms with Gasteiger partial charge in [-0.1, -0.05) is 0 Å². The Morgan fingerprint density at radius 2 is 2.06 bits per heavy atom. The topological polar surface area (TPSA) is 55.8 Å². The Morgan fingerprint density at radius 1 is 1.44 bits per heavy atom. The molecule has 0 heterocycles. The molecule has 8 heteroatoms. The van der Waals surface area contributed by atoms with Crippen molar-refractivity contribution in [3.8, 4) is 0 Å². The van der Waals surface area contributed by atoms with Crippen LogP contribution in [0, 0.1) is 5.92 Å². The van der Waals surface area contributed by atoms with Crippen LogP contribution in [0.3, 0.4) is 0 Å². The summed E-state index contributed by atoms with van der Waals surface area (Å²) in [6, 6.07) is 0. The molecule has 0 aromatic rings. The number of hydrogen-bond donors (Lipinski definition) is 3. The molecule has 0 radical (unpaired) electrons. The number of rotatable bonds is 9. The van der Waals surface area contributed by atoms with Gasteiger partial charge in [0.15, 0.2) is 0 Å². The summed E-state index contributed by atoms with van der Waals surface area (Å²) < 4.78 is 21.0. The van der Waals surface area contributed by atoms with Gasteiger partial charge in [0, 0.05) is 0 Å². The molecule has 0 rings (SSSR count). The Morgan fingerprint density at radius 3 is 2.50 bits per heavy atom. The van der Waals surface area contributed by atoms with Crippen LogP contribution in [0.4, 0.5) is 0 Å². The van der Waals surface area contributed by atoms with Crippen LogP contribution in [0.25, 0.3) is 0 Å². The molecule has 0 aromatic carbocycles. The van der Waals surface area contributed by atoms with Crippen LogP contribution in [0.5, 0.6) is 0 Å². The Bertz CT molecular complexity index is 230. The molecule has 0 aliphatic rings. The van der Waals surface area contributed by atoms with Gasteiger partial charge in [0.25, 0.3) is 0 Å². The van der Waals surface area contributed by atoms with Crippen molar-refractivity contribution in [1.29, 1.82) is 0 Å². The van der Waals surface area contributed by atoms with E-state index in [0.717, 1.165) is 25.7 Å². The van der Waals surface area contributed by atoms with Crippen LogP contribution in [-0.2, 0) is 27.4 Å². The third kappa shape index (κ3) is 9.52. The van der Waals surface area contributed by atoms with Gasteiger partial charge in [-0.3, -0.25) is 0 Å². The minimum atomic E-state index is -3.93. The second-order valence-electron chi connectivity index (χ2n) is 3.49. The second-order valence-corrected chi connectivity index (χ2v) is 12.7. The van der Waals surface area contributed by atoms with Gasteiger partial charge in [0.2, 0.25) is 0 Å². The molecule has 2 unspecified atom stereocenters. The molecule has 0 aliphatic heterocycles. The van der Waals surface area contributed by atoms with Gasteiger partial charge in [0.1, 0.15) is 0 Å². The average Bonchev–Trinajstić information content (AvgIpc) is 2.16. The third-order valence-corrected chi connectivity index (χ3v) is 7.71. The van der Waals surface area contributed by atoms with Gasteiger partial charge >= 0.3 is 113 Å². The second kappa shape index (κ2) is 9.43. The molecule has 0 fully saturated rings. The van der Waals surface area contributed by atoms with Crippen molar-refractivity contribution in [2.45, 2.75) is 39.5 Å². The molecule has 1 N–H and O–H groups in total. The molecule has 0 saturated carbocycles. The number of phosphoric ester groups is 1. The summed E-state index contributed by atoms with van der Waals surface area (Å²) in [5.74, 6) is 0.313. The monoisotopic (exact) mass is 373 g/mol. The van der Waals surface area contributed by atoms with Gasteiger partial charge in [0.05, 0.1) is 0 Å². The van der Waals surface area contributed by atoms with E-state index in [1.54, 1.807) is 0 Å². The van der Waals surface area contributed by atoms with E-state index in [-0.39, 0.29) is 6.61 Å². The fraction of sp³-hybridized carbons (Fsp3) is 1.00. The zero-order valence-electron chi connectivity index (χ0n) is 9.53. The zero-order valence-corrected chi connectivity index (χ0v) is 14.2. The van der Waals surface area contributed by atoms with Crippen molar-refractivity contribution in [3.05, 3.63) is 0 Å². The predicted octanol–water partition coefficient (Wildman–Crippen LogP) is 3.56. The maximum absolute atomic E-state index is 11.4. The molecule has 0 spiro atoms. The van der Waals surface area contributed by atoms with E-state index in [1.165, 1.54) is 0 Å². The normalized spacial score (nSPS) is 17.4. The van der Waals surface area contributed by atoms with Crippen molar-refractivity contribution in [2.75, 3.05) is 6.61 Å². The summed E-state index contributed by atoms with van der Waals surface area (Å²) in [5.41, 5.74) is 0. The maximum atomic E-state index is 11.4. The van der Waals surface area contributed by atoms with Crippen LogP contribution >= 0.6 is 28.5 Å². The van der Waals surface area contributed by atoms with E-state index >= 15 is 0 Å². The van der Waals surface area contributed by atoms with E-state index in [9.17, 15) is 9.46 Å². The van der Waals surface area contributed by atoms with Crippen molar-refractivity contribution >= 4 is 28.5 Å². The molecule has 0 aliphatic carbocycles.